The van der Waals surface area contributed by atoms with Crippen molar-refractivity contribution in [2.24, 2.45) is 0 Å². The first kappa shape index (κ1) is 32.4. The van der Waals surface area contributed by atoms with Crippen LogP contribution < -0.4 is 252 Å². The Labute approximate surface area is 271 Å². The molecule has 0 fully saturated rings. The molecule has 0 N–H and O–H groups in total. The maximum absolute atomic E-state index is 9.32. The van der Waals surface area contributed by atoms with Crippen molar-refractivity contribution < 1.29 is 266 Å². The second-order valence-corrected chi connectivity index (χ2v) is 3.42. The molecule has 0 unspecified atom stereocenters. The van der Waals surface area contributed by atoms with Crippen LogP contribution in [0.25, 0.3) is 0 Å². The molecule has 0 bridgehead atoms. The topological polar surface area (TPSA) is 136 Å². The Hall–Kier alpha value is 7.48. The molecule has 13 heavy (non-hydrogen) atoms. The molecule has 0 radical (unpaired) electrons. The molecule has 7 nitrogen and oxygen atoms in total. The zero-order chi connectivity index (χ0) is 7.71. The second-order valence-electron chi connectivity index (χ2n) is 0.976. The summed E-state index contributed by atoms with van der Waals surface area (Å²) in [4.78, 5) is 37.3. The summed E-state index contributed by atoms with van der Waals surface area (Å²) in [6.45, 7) is 0. The van der Waals surface area contributed by atoms with E-state index in [4.69, 9.17) is 0 Å². The van der Waals surface area contributed by atoms with Gasteiger partial charge >= 0.3 is 233 Å². The summed E-state index contributed by atoms with van der Waals surface area (Å²) in [5.74, 6) is 0. The van der Waals surface area contributed by atoms with Crippen LogP contribution in [0.5, 0.6) is 0 Å². The van der Waals surface area contributed by atoms with Crippen molar-refractivity contribution in [3.8, 4) is 0 Å². The fourth-order valence-electron chi connectivity index (χ4n) is 0.122. The van der Waals surface area contributed by atoms with E-state index in [0.717, 1.165) is 0 Å². The fourth-order valence-corrected chi connectivity index (χ4v) is 1.10. The van der Waals surface area contributed by atoms with Crippen LogP contribution in [0.3, 0.4) is 0 Å². The molecule has 0 amide bonds. The molecule has 13 heteroatoms. The van der Waals surface area contributed by atoms with Crippen LogP contribution in [0.2, 0.25) is 0 Å². The van der Waals surface area contributed by atoms with Crippen molar-refractivity contribution in [2.75, 3.05) is 0 Å². The molecule has 0 spiro atoms. The van der Waals surface area contributed by atoms with E-state index < -0.39 is 15.6 Å². The Morgan fingerprint density at radius 1 is 0.692 bits per heavy atom. The largest absolute Gasteiger partial charge is 1.00 e. The molecule has 0 aromatic carbocycles. The predicted octanol–water partition coefficient (Wildman–Crippen LogP) is -15.3. The molecule has 0 rings (SSSR count). The Kier molecular flexibility index (Phi) is 39.6. The van der Waals surface area contributed by atoms with Gasteiger partial charge in [0.2, 0.25) is 0 Å². The van der Waals surface area contributed by atoms with E-state index >= 15 is 0 Å². The van der Waals surface area contributed by atoms with Crippen molar-refractivity contribution in [2.45, 2.75) is 0 Å². The van der Waals surface area contributed by atoms with Crippen molar-refractivity contribution in [1.82, 2.24) is 0 Å². The van der Waals surface area contributed by atoms with E-state index in [2.05, 4.69) is 4.31 Å². The van der Waals surface area contributed by atoms with Crippen LogP contribution in [0.4, 0.5) is 0 Å². The van der Waals surface area contributed by atoms with Gasteiger partial charge in [0.25, 0.3) is 0 Å². The van der Waals surface area contributed by atoms with Crippen molar-refractivity contribution in [3.05, 3.63) is 0 Å². The zero-order valence-corrected chi connectivity index (χ0v) is 29.2. The molecule has 56 valence electrons. The van der Waals surface area contributed by atoms with Gasteiger partial charge in [-0.05, 0) is 0 Å². The van der Waals surface area contributed by atoms with Gasteiger partial charge in [0.15, 0.2) is 0 Å². The Morgan fingerprint density at radius 2 is 0.846 bits per heavy atom. The minimum Gasteiger partial charge on any atom is -0.790 e. The van der Waals surface area contributed by atoms with Gasteiger partial charge in [0, 0.05) is 0 Å². The molecule has 0 heterocycles. The molecule has 0 aromatic heterocycles. The normalized spacial score (nSPS) is 9.54. The third-order valence-corrected chi connectivity index (χ3v) is 1.80. The van der Waals surface area contributed by atoms with Crippen molar-refractivity contribution >= 4 is 15.6 Å². The number of hydrogen-bond donors (Lipinski definition) is 0. The van der Waals surface area contributed by atoms with Crippen molar-refractivity contribution in [3.63, 3.8) is 0 Å². The zero-order valence-electron chi connectivity index (χ0n) is 7.75. The van der Waals surface area contributed by atoms with Gasteiger partial charge < -0.3 is 33.0 Å². The average molecular weight is 516 g/mol. The van der Waals surface area contributed by atoms with Crippen LogP contribution in [-0.2, 0) is 13.4 Å². The first-order valence-electron chi connectivity index (χ1n) is 1.46. The first-order chi connectivity index (χ1) is 3.71. The van der Waals surface area contributed by atoms with Crippen molar-refractivity contribution in [1.29, 1.82) is 0 Å². The van der Waals surface area contributed by atoms with E-state index in [1.807, 2.05) is 0 Å². The fraction of sp³-hybridized carbons (Fsp3) is 0. The Morgan fingerprint density at radius 3 is 0.846 bits per heavy atom. The molecule has 0 aliphatic heterocycles. The summed E-state index contributed by atoms with van der Waals surface area (Å²) in [7, 11) is -11.4. The smallest absolute Gasteiger partial charge is 0.790 e. The average Bonchev–Trinajstić information content (AvgIpc) is 1.14. The molecule has 0 atom stereocenters. The summed E-state index contributed by atoms with van der Waals surface area (Å²) < 4.78 is 21.2. The standard InChI is InChI=1S/H4O7P2.4Rb/c1-8(2,3)7-9(4,5)6;;;;/h(H2,1,2,3)(H2,4,5,6);;;;/q;4*+1/p-4. The molecule has 0 aliphatic rings. The maximum atomic E-state index is 9.32. The number of rotatable bonds is 2. The SMILES string of the molecule is O=P([O-])([O-])OP(=O)([O-])[O-].[Rb+].[Rb+].[Rb+].[Rb+]. The van der Waals surface area contributed by atoms with Gasteiger partial charge in [-0.2, -0.15) is 0 Å². The summed E-state index contributed by atoms with van der Waals surface area (Å²) in [6, 6.07) is 0. The summed E-state index contributed by atoms with van der Waals surface area (Å²) in [6.07, 6.45) is 0. The molecule has 0 saturated carbocycles. The van der Waals surface area contributed by atoms with Crippen LogP contribution in [0, 0.1) is 0 Å². The number of phosphoric acid groups is 2. The summed E-state index contributed by atoms with van der Waals surface area (Å²) >= 11 is 0. The molecule has 0 saturated heterocycles. The van der Waals surface area contributed by atoms with Gasteiger partial charge in [-0.3, -0.25) is 0 Å². The maximum Gasteiger partial charge on any atom is 1.00 e. The molecular weight excluding hydrogens is 516 g/mol. The Bertz CT molecular complexity index is 159. The van der Waals surface area contributed by atoms with Gasteiger partial charge in [-0.1, -0.05) is 0 Å². The van der Waals surface area contributed by atoms with E-state index in [0.29, 0.717) is 0 Å². The Balaban J connectivity index is -0.0000000533. The summed E-state index contributed by atoms with van der Waals surface area (Å²) in [5, 5.41) is 0. The minimum absolute atomic E-state index is 0. The van der Waals surface area contributed by atoms with Gasteiger partial charge in [-0.25, -0.2) is 0 Å². The van der Waals surface area contributed by atoms with Crippen LogP contribution in [-0.4, -0.2) is 0 Å². The summed E-state index contributed by atoms with van der Waals surface area (Å²) in [5.41, 5.74) is 0. The van der Waals surface area contributed by atoms with E-state index in [-0.39, 0.29) is 233 Å². The van der Waals surface area contributed by atoms with E-state index in [1.165, 1.54) is 0 Å². The molecule has 0 aliphatic carbocycles. The molecule has 0 aromatic rings. The van der Waals surface area contributed by atoms with E-state index in [9.17, 15) is 28.7 Å². The quantitative estimate of drug-likeness (QED) is 0.333. The first-order valence-corrected chi connectivity index (χ1v) is 4.38. The number of hydrogen-bond acceptors (Lipinski definition) is 7. The monoisotopic (exact) mass is 514 g/mol. The third-order valence-electron chi connectivity index (χ3n) is 0.200. The molecular formula is O7P2Rb4. The third kappa shape index (κ3) is 32.8. The van der Waals surface area contributed by atoms with Gasteiger partial charge in [-0.15, -0.1) is 0 Å². The van der Waals surface area contributed by atoms with Crippen LogP contribution in [0.1, 0.15) is 0 Å². The minimum atomic E-state index is -5.68. The second kappa shape index (κ2) is 15.9. The predicted molar refractivity (Wildman–Crippen MR) is 16.3 cm³/mol. The van der Waals surface area contributed by atoms with Crippen LogP contribution >= 0.6 is 15.6 Å². The van der Waals surface area contributed by atoms with Crippen LogP contribution in [0.15, 0.2) is 0 Å². The van der Waals surface area contributed by atoms with Gasteiger partial charge in [0.05, 0.1) is 15.6 Å². The van der Waals surface area contributed by atoms with E-state index in [1.54, 1.807) is 0 Å². The van der Waals surface area contributed by atoms with Gasteiger partial charge in [0.1, 0.15) is 0 Å².